The van der Waals surface area contributed by atoms with Crippen molar-refractivity contribution in [2.24, 2.45) is 0 Å². The number of ether oxygens (including phenoxy) is 3. The van der Waals surface area contributed by atoms with Gasteiger partial charge in [0.25, 0.3) is 0 Å². The molecule has 5 rings (SSSR count). The van der Waals surface area contributed by atoms with Gasteiger partial charge in [-0.1, -0.05) is 48.5 Å². The highest BCUT2D eigenvalue weighted by Gasteiger charge is 2.28. The van der Waals surface area contributed by atoms with Gasteiger partial charge < -0.3 is 23.3 Å². The molecular formula is C35H37N2O5S+. The predicted octanol–water partition coefficient (Wildman–Crippen LogP) is 6.75. The summed E-state index contributed by atoms with van der Waals surface area (Å²) < 4.78 is 19.0. The summed E-state index contributed by atoms with van der Waals surface area (Å²) in [5.74, 6) is 0.871. The fraction of sp³-hybridized carbons (Fsp3) is 0.257. The van der Waals surface area contributed by atoms with E-state index in [4.69, 9.17) is 14.2 Å². The van der Waals surface area contributed by atoms with Crippen LogP contribution in [0.3, 0.4) is 0 Å². The second-order valence-electron chi connectivity index (χ2n) is 11.1. The molecule has 0 unspecified atom stereocenters. The monoisotopic (exact) mass is 597 g/mol. The van der Waals surface area contributed by atoms with Crippen LogP contribution in [-0.2, 0) is 24.4 Å². The molecule has 43 heavy (non-hydrogen) atoms. The first kappa shape index (κ1) is 30.1. The van der Waals surface area contributed by atoms with Crippen molar-refractivity contribution in [3.63, 3.8) is 0 Å². The largest absolute Gasteiger partial charge is 0.497 e. The third-order valence-electron chi connectivity index (χ3n) is 7.43. The van der Waals surface area contributed by atoms with Gasteiger partial charge >= 0.3 is 5.97 Å². The fourth-order valence-electron chi connectivity index (χ4n) is 5.47. The van der Waals surface area contributed by atoms with E-state index in [9.17, 15) is 9.59 Å². The highest BCUT2D eigenvalue weighted by atomic mass is 32.1. The number of para-hydroxylation sites is 1. The number of esters is 1. The van der Waals surface area contributed by atoms with Crippen LogP contribution < -0.4 is 14.9 Å². The highest BCUT2D eigenvalue weighted by Crippen LogP contribution is 2.40. The number of fused-ring (bicyclic) bond motifs is 1. The van der Waals surface area contributed by atoms with Crippen molar-refractivity contribution in [3.05, 3.63) is 118 Å². The van der Waals surface area contributed by atoms with Crippen molar-refractivity contribution in [1.29, 1.82) is 0 Å². The molecule has 222 valence electrons. The molecule has 7 nitrogen and oxygen atoms in total. The van der Waals surface area contributed by atoms with Crippen molar-refractivity contribution in [2.45, 2.75) is 26.6 Å². The Morgan fingerprint density at radius 3 is 2.26 bits per heavy atom. The Kier molecular flexibility index (Phi) is 8.99. The number of quaternary nitrogens is 1. The molecule has 5 aromatic rings. The van der Waals surface area contributed by atoms with Gasteiger partial charge in [0, 0.05) is 27.8 Å². The van der Waals surface area contributed by atoms with Crippen molar-refractivity contribution in [2.75, 3.05) is 34.9 Å². The molecule has 3 aromatic carbocycles. The summed E-state index contributed by atoms with van der Waals surface area (Å²) >= 11 is 1.56. The molecule has 8 heteroatoms. The molecule has 0 fully saturated rings. The molecule has 0 aliphatic rings. The number of hydrogen-bond acceptors (Lipinski definition) is 6. The minimum Gasteiger partial charge on any atom is -0.497 e. The van der Waals surface area contributed by atoms with Crippen LogP contribution in [0.15, 0.2) is 89.9 Å². The number of thiophene rings is 1. The van der Waals surface area contributed by atoms with Gasteiger partial charge in [0.1, 0.15) is 35.0 Å². The lowest BCUT2D eigenvalue weighted by Crippen LogP contribution is -2.38. The van der Waals surface area contributed by atoms with Gasteiger partial charge in [-0.2, -0.15) is 0 Å². The molecule has 2 heterocycles. The number of carbonyl (C=O) groups is 1. The zero-order chi connectivity index (χ0) is 30.6. The van der Waals surface area contributed by atoms with E-state index in [1.807, 2.05) is 71.3 Å². The lowest BCUT2D eigenvalue weighted by Gasteiger charge is -2.30. The predicted molar refractivity (Wildman–Crippen MR) is 172 cm³/mol. The van der Waals surface area contributed by atoms with Crippen LogP contribution in [0.1, 0.15) is 34.0 Å². The molecule has 0 N–H and O–H groups in total. The summed E-state index contributed by atoms with van der Waals surface area (Å²) in [6.07, 6.45) is 1.64. The minimum atomic E-state index is -0.621. The zero-order valence-electron chi connectivity index (χ0n) is 25.3. The molecule has 0 saturated heterocycles. The van der Waals surface area contributed by atoms with E-state index in [-0.39, 0.29) is 17.6 Å². The van der Waals surface area contributed by atoms with Crippen LogP contribution in [0.25, 0.3) is 20.7 Å². The van der Waals surface area contributed by atoms with E-state index in [0.29, 0.717) is 23.0 Å². The second-order valence-corrected chi connectivity index (χ2v) is 12.1. The first-order valence-corrected chi connectivity index (χ1v) is 15.0. The molecule has 0 atom stereocenters. The van der Waals surface area contributed by atoms with Crippen molar-refractivity contribution in [1.82, 2.24) is 4.57 Å². The number of methoxy groups -OCH3 is 2. The molecule has 0 bridgehead atoms. The number of carbonyl (C=O) groups excluding carboxylic acids is 1. The third kappa shape index (κ3) is 6.50. The topological polar surface area (TPSA) is 66.8 Å². The summed E-state index contributed by atoms with van der Waals surface area (Å²) in [5.41, 5.74) is 3.76. The molecular weight excluding hydrogens is 560 g/mol. The minimum absolute atomic E-state index is 0.0259. The highest BCUT2D eigenvalue weighted by molar-refractivity contribution is 7.22. The van der Waals surface area contributed by atoms with Crippen LogP contribution in [0.2, 0.25) is 0 Å². The van der Waals surface area contributed by atoms with Gasteiger partial charge in [-0.25, -0.2) is 4.79 Å². The number of benzene rings is 3. The number of hydrogen-bond donors (Lipinski definition) is 0. The zero-order valence-corrected chi connectivity index (χ0v) is 26.1. The van der Waals surface area contributed by atoms with Gasteiger partial charge in [-0.3, -0.25) is 4.79 Å². The molecule has 0 aliphatic heterocycles. The Morgan fingerprint density at radius 2 is 1.58 bits per heavy atom. The summed E-state index contributed by atoms with van der Waals surface area (Å²) in [6, 6.07) is 26.0. The summed E-state index contributed by atoms with van der Waals surface area (Å²) in [5, 5.41) is 0.551. The molecule has 0 spiro atoms. The number of aromatic nitrogens is 1. The van der Waals surface area contributed by atoms with E-state index >= 15 is 0 Å². The lowest BCUT2D eigenvalue weighted by atomic mass is 10.0. The smallest absolute Gasteiger partial charge is 0.343 e. The van der Waals surface area contributed by atoms with Crippen molar-refractivity contribution >= 4 is 27.5 Å². The SMILES string of the molecule is CCOC(=O)c1cn(Cc2ccccc2OC)c2sc(-c3ccc(OC)cc3)c(C[N+](C)(C)Cc3ccccc3)c2c1=O. The van der Waals surface area contributed by atoms with Gasteiger partial charge in [0.05, 0.1) is 46.9 Å². The third-order valence-corrected chi connectivity index (χ3v) is 8.74. The number of nitrogens with zero attached hydrogens (tertiary/aromatic N) is 2. The standard InChI is InChI=1S/C35H37N2O5S/c1-6-42-35(39)28-21-36(20-26-14-10-11-15-30(26)41-5)34-31(32(28)38)29(23-37(2,3)22-24-12-8-7-9-13-24)33(43-34)25-16-18-27(40-4)19-17-25/h7-19,21H,6,20,22-23H2,1-5H3/q+1. The summed E-state index contributed by atoms with van der Waals surface area (Å²) in [7, 11) is 7.61. The van der Waals surface area contributed by atoms with Gasteiger partial charge in [0.15, 0.2) is 0 Å². The van der Waals surface area contributed by atoms with E-state index in [1.54, 1.807) is 38.7 Å². The fourth-order valence-corrected chi connectivity index (χ4v) is 6.76. The maximum atomic E-state index is 14.2. The molecule has 0 amide bonds. The van der Waals surface area contributed by atoms with E-state index in [0.717, 1.165) is 44.4 Å². The second kappa shape index (κ2) is 12.9. The van der Waals surface area contributed by atoms with E-state index in [1.165, 1.54) is 5.56 Å². The maximum absolute atomic E-state index is 14.2. The number of rotatable bonds is 11. The first-order valence-electron chi connectivity index (χ1n) is 14.2. The van der Waals surface area contributed by atoms with Gasteiger partial charge in [-0.05, 0) is 42.8 Å². The van der Waals surface area contributed by atoms with E-state index < -0.39 is 5.97 Å². The van der Waals surface area contributed by atoms with Crippen LogP contribution in [0.4, 0.5) is 0 Å². The maximum Gasteiger partial charge on any atom is 0.343 e. The Balaban J connectivity index is 1.76. The van der Waals surface area contributed by atoms with Gasteiger partial charge in [0.2, 0.25) is 5.43 Å². The van der Waals surface area contributed by atoms with E-state index in [2.05, 4.69) is 26.2 Å². The van der Waals surface area contributed by atoms with Crippen LogP contribution in [0.5, 0.6) is 11.5 Å². The van der Waals surface area contributed by atoms with Crippen LogP contribution in [0, 0.1) is 0 Å². The summed E-state index contributed by atoms with van der Waals surface area (Å²) in [4.78, 5) is 29.2. The molecule has 2 aromatic heterocycles. The average Bonchev–Trinajstić information content (AvgIpc) is 3.38. The first-order chi connectivity index (χ1) is 20.7. The molecule has 0 radical (unpaired) electrons. The summed E-state index contributed by atoms with van der Waals surface area (Å²) in [6.45, 7) is 3.68. The van der Waals surface area contributed by atoms with Crippen LogP contribution >= 0.6 is 11.3 Å². The molecule has 0 aliphatic carbocycles. The normalized spacial score (nSPS) is 11.5. The van der Waals surface area contributed by atoms with Crippen molar-refractivity contribution in [3.8, 4) is 21.9 Å². The Morgan fingerprint density at radius 1 is 0.884 bits per heavy atom. The van der Waals surface area contributed by atoms with Crippen LogP contribution in [-0.4, -0.2) is 49.9 Å². The van der Waals surface area contributed by atoms with Crippen molar-refractivity contribution < 1.29 is 23.5 Å². The van der Waals surface area contributed by atoms with Gasteiger partial charge in [-0.15, -0.1) is 11.3 Å². The average molecular weight is 598 g/mol. The Hall–Kier alpha value is -4.40. The Bertz CT molecular complexity index is 1790. The molecule has 0 saturated carbocycles. The lowest BCUT2D eigenvalue weighted by molar-refractivity contribution is -0.916. The quantitative estimate of drug-likeness (QED) is 0.125. The number of pyridine rings is 1. The Labute approximate surface area is 256 Å².